The second-order valence-electron chi connectivity index (χ2n) is 10.4. The molecular formula is C29H31F3N4O7. The Labute approximate surface area is 244 Å². The molecular weight excluding hydrogens is 573 g/mol. The van der Waals surface area contributed by atoms with Crippen LogP contribution in [0.15, 0.2) is 42.0 Å². The maximum Gasteiger partial charge on any atom is 0.421 e. The van der Waals surface area contributed by atoms with E-state index in [-0.39, 0.29) is 29.7 Å². The Morgan fingerprint density at radius 1 is 1.12 bits per heavy atom. The zero-order valence-electron chi connectivity index (χ0n) is 23.2. The van der Waals surface area contributed by atoms with E-state index in [2.05, 4.69) is 0 Å². The number of hydrogen-bond acceptors (Lipinski definition) is 8. The van der Waals surface area contributed by atoms with Gasteiger partial charge in [-0.2, -0.15) is 13.2 Å². The van der Waals surface area contributed by atoms with Gasteiger partial charge < -0.3 is 30.0 Å². The molecule has 3 aliphatic rings. The highest BCUT2D eigenvalue weighted by Gasteiger charge is 2.39. The fraction of sp³-hybridized carbons (Fsp3) is 0.379. The van der Waals surface area contributed by atoms with E-state index in [1.54, 1.807) is 9.96 Å². The number of phenols is 2. The van der Waals surface area contributed by atoms with Crippen molar-refractivity contribution in [1.82, 2.24) is 9.96 Å². The van der Waals surface area contributed by atoms with Crippen LogP contribution in [-0.4, -0.2) is 81.2 Å². The largest absolute Gasteiger partial charge is 0.507 e. The lowest BCUT2D eigenvalue weighted by atomic mass is 10.0. The van der Waals surface area contributed by atoms with Gasteiger partial charge in [-0.1, -0.05) is 17.7 Å². The molecule has 3 heterocycles. The predicted molar refractivity (Wildman–Crippen MR) is 148 cm³/mol. The van der Waals surface area contributed by atoms with Gasteiger partial charge in [0.1, 0.15) is 29.4 Å². The number of carboxylic acids is 1. The van der Waals surface area contributed by atoms with Crippen LogP contribution in [0.3, 0.4) is 0 Å². The summed E-state index contributed by atoms with van der Waals surface area (Å²) >= 11 is 0. The third-order valence-electron chi connectivity index (χ3n) is 7.24. The molecule has 0 radical (unpaired) electrons. The molecule has 0 aromatic heterocycles. The van der Waals surface area contributed by atoms with E-state index in [0.717, 1.165) is 23.1 Å². The lowest BCUT2D eigenvalue weighted by Gasteiger charge is -2.41. The quantitative estimate of drug-likeness (QED) is 0.259. The number of nitrogens with zero attached hydrogens (tertiary/aromatic N) is 3. The summed E-state index contributed by atoms with van der Waals surface area (Å²) in [6, 6.07) is 7.26. The third-order valence-corrected chi connectivity index (χ3v) is 7.24. The van der Waals surface area contributed by atoms with Crippen LogP contribution in [0, 0.1) is 5.41 Å². The number of aliphatic carboxylic acids is 1. The molecule has 3 saturated heterocycles. The highest BCUT2D eigenvalue weighted by atomic mass is 19.4. The van der Waals surface area contributed by atoms with Crippen LogP contribution in [0.5, 0.6) is 11.5 Å². The van der Waals surface area contributed by atoms with Crippen LogP contribution in [0.1, 0.15) is 49.3 Å². The van der Waals surface area contributed by atoms with Crippen LogP contribution >= 0.6 is 0 Å². The minimum atomic E-state index is -5.02. The maximum absolute atomic E-state index is 13.9. The van der Waals surface area contributed by atoms with Crippen molar-refractivity contribution >= 4 is 35.4 Å². The molecule has 2 aromatic carbocycles. The molecule has 11 nitrogen and oxygen atoms in total. The second-order valence-corrected chi connectivity index (χ2v) is 10.4. The van der Waals surface area contributed by atoms with Gasteiger partial charge in [-0.05, 0) is 50.1 Å². The van der Waals surface area contributed by atoms with Crippen molar-refractivity contribution in [2.24, 2.45) is 0 Å². The van der Waals surface area contributed by atoms with Gasteiger partial charge in [0, 0.05) is 43.2 Å². The van der Waals surface area contributed by atoms with E-state index in [1.165, 1.54) is 31.2 Å². The number of hydroxylamine groups is 2. The molecule has 2 bridgehead atoms. The van der Waals surface area contributed by atoms with Crippen LogP contribution in [-0.2, 0) is 25.4 Å². The van der Waals surface area contributed by atoms with Gasteiger partial charge in [0.2, 0.25) is 5.91 Å². The van der Waals surface area contributed by atoms with Crippen LogP contribution < -0.4 is 4.90 Å². The molecule has 3 aliphatic heterocycles. The van der Waals surface area contributed by atoms with E-state index in [4.69, 9.17) is 15.4 Å². The smallest absolute Gasteiger partial charge is 0.421 e. The van der Waals surface area contributed by atoms with Crippen molar-refractivity contribution in [3.05, 3.63) is 58.7 Å². The summed E-state index contributed by atoms with van der Waals surface area (Å²) in [7, 11) is 0. The molecule has 0 atom stereocenters. The monoisotopic (exact) mass is 604 g/mol. The number of piperidine rings is 1. The summed E-state index contributed by atoms with van der Waals surface area (Å²) in [6.07, 6.45) is -3.44. The molecule has 1 amide bonds. The van der Waals surface area contributed by atoms with Crippen molar-refractivity contribution in [2.75, 3.05) is 31.1 Å². The number of fused-ring (bicyclic) bond motifs is 5. The van der Waals surface area contributed by atoms with E-state index < -0.39 is 60.4 Å². The molecule has 43 heavy (non-hydrogen) atoms. The van der Waals surface area contributed by atoms with E-state index in [1.807, 2.05) is 0 Å². The highest BCUT2D eigenvalue weighted by Crippen LogP contribution is 2.42. The summed E-state index contributed by atoms with van der Waals surface area (Å²) in [5.41, 5.74) is -1.21. The van der Waals surface area contributed by atoms with Crippen LogP contribution in [0.4, 0.5) is 18.9 Å². The van der Waals surface area contributed by atoms with Gasteiger partial charge in [0.15, 0.2) is 0 Å². The lowest BCUT2D eigenvalue weighted by Crippen LogP contribution is -2.53. The number of alkyl halides is 3. The number of carbonyl (C=O) groups is 3. The number of nitrogens with one attached hydrogen (secondary N) is 1. The molecule has 2 aromatic rings. The van der Waals surface area contributed by atoms with Gasteiger partial charge in [0.25, 0.3) is 0 Å². The van der Waals surface area contributed by atoms with Crippen molar-refractivity contribution in [3.8, 4) is 11.5 Å². The normalized spacial score (nSPS) is 18.9. The molecule has 0 saturated carbocycles. The van der Waals surface area contributed by atoms with Crippen molar-refractivity contribution in [1.29, 1.82) is 5.41 Å². The molecule has 0 spiro atoms. The number of amidine groups is 1. The van der Waals surface area contributed by atoms with Crippen LogP contribution in [0.2, 0.25) is 0 Å². The summed E-state index contributed by atoms with van der Waals surface area (Å²) in [6.45, 7) is 2.03. The standard InChI is InChI=1S/C29H31F3N4O7/c1-17(15-36(24(39)7-8-25(40)41)21-3-2-4-23(38)27(21)29(30,31)32)13-19-14-18(5-6-22(19)37)28(33)35-16-26(42)43-34-11-9-20(35)10-12-34/h2-6,13-14,20,33,37-38H,7-12,15-16H2,1H3,(H,40,41)/b17-13+,33-28?. The molecule has 5 rings (SSSR count). The molecule has 0 unspecified atom stereocenters. The zero-order chi connectivity index (χ0) is 31.5. The fourth-order valence-corrected chi connectivity index (χ4v) is 5.19. The Hall–Kier alpha value is -4.59. The van der Waals surface area contributed by atoms with Gasteiger partial charge in [-0.15, -0.1) is 5.06 Å². The molecule has 14 heteroatoms. The average Bonchev–Trinajstić information content (AvgIpc) is 2.92. The van der Waals surface area contributed by atoms with E-state index >= 15 is 0 Å². The number of carbonyl (C=O) groups excluding carboxylic acids is 2. The first-order valence-electron chi connectivity index (χ1n) is 13.5. The number of amides is 1. The Balaban J connectivity index is 1.65. The Morgan fingerprint density at radius 2 is 1.81 bits per heavy atom. The van der Waals surface area contributed by atoms with Gasteiger partial charge in [0.05, 0.1) is 12.1 Å². The zero-order valence-corrected chi connectivity index (χ0v) is 23.2. The summed E-state index contributed by atoms with van der Waals surface area (Å²) in [4.78, 5) is 44.1. The number of benzene rings is 2. The maximum atomic E-state index is 13.9. The number of halogens is 3. The number of aromatic hydroxyl groups is 2. The van der Waals surface area contributed by atoms with Crippen molar-refractivity contribution < 1.29 is 47.7 Å². The third kappa shape index (κ3) is 7.44. The Morgan fingerprint density at radius 3 is 2.47 bits per heavy atom. The number of phenolic OH excluding ortho intramolecular Hbond substituents is 2. The van der Waals surface area contributed by atoms with Crippen LogP contribution in [0.25, 0.3) is 6.08 Å². The fourth-order valence-electron chi connectivity index (χ4n) is 5.19. The number of anilines is 1. The van der Waals surface area contributed by atoms with Crippen molar-refractivity contribution in [3.63, 3.8) is 0 Å². The predicted octanol–water partition coefficient (Wildman–Crippen LogP) is 3.98. The lowest BCUT2D eigenvalue weighted by molar-refractivity contribution is -0.204. The Kier molecular flexibility index (Phi) is 9.28. The van der Waals surface area contributed by atoms with E-state index in [9.17, 15) is 37.8 Å². The first-order valence-corrected chi connectivity index (χ1v) is 13.5. The Bertz CT molecular complexity index is 1450. The SMILES string of the molecule is C/C(=C\c1cc(C(=N)N2CC(=O)ON3CCC2CC3)ccc1O)CN(C(=O)CCC(=O)O)c1cccc(O)c1C(F)(F)F. The van der Waals surface area contributed by atoms with E-state index in [0.29, 0.717) is 37.1 Å². The molecule has 0 aliphatic carbocycles. The summed E-state index contributed by atoms with van der Waals surface area (Å²) in [5, 5.41) is 40.0. The van der Waals surface area contributed by atoms with Crippen molar-refractivity contribution in [2.45, 2.75) is 44.8 Å². The number of hydrogen-bond donors (Lipinski definition) is 4. The van der Waals surface area contributed by atoms with Gasteiger partial charge >= 0.3 is 18.1 Å². The van der Waals surface area contributed by atoms with Gasteiger partial charge in [-0.3, -0.25) is 15.0 Å². The molecule has 3 fully saturated rings. The second kappa shape index (κ2) is 12.7. The number of rotatable bonds is 8. The minimum absolute atomic E-state index is 0.0321. The average molecular weight is 605 g/mol. The minimum Gasteiger partial charge on any atom is -0.507 e. The van der Waals surface area contributed by atoms with Gasteiger partial charge in [-0.25, -0.2) is 4.79 Å². The highest BCUT2D eigenvalue weighted by molar-refractivity contribution is 5.99. The molecule has 4 N–H and O–H groups in total. The first-order chi connectivity index (χ1) is 20.2. The number of carboxylic acid groups (broad SMARTS) is 1. The topological polar surface area (TPSA) is 155 Å². The summed E-state index contributed by atoms with van der Waals surface area (Å²) < 4.78 is 41.7. The summed E-state index contributed by atoms with van der Waals surface area (Å²) in [5.74, 6) is -3.98. The first kappa shape index (κ1) is 31.3. The molecule has 230 valence electrons.